The molecular weight excluding hydrogens is 505 g/mol. The monoisotopic (exact) mass is 543 g/mol. The quantitative estimate of drug-likeness (QED) is 0.383. The molecule has 1 fully saturated rings. The summed E-state index contributed by atoms with van der Waals surface area (Å²) in [5, 5.41) is 5.87. The van der Waals surface area contributed by atoms with Gasteiger partial charge < -0.3 is 15.5 Å². The maximum absolute atomic E-state index is 14.9. The number of amides is 3. The lowest BCUT2D eigenvalue weighted by molar-refractivity contribution is -0.123. The molecule has 4 rings (SSSR count). The minimum absolute atomic E-state index is 0.0358. The van der Waals surface area contributed by atoms with Gasteiger partial charge in [0.05, 0.1) is 17.5 Å². The summed E-state index contributed by atoms with van der Waals surface area (Å²) in [7, 11) is 0. The first kappa shape index (κ1) is 29.0. The molecule has 1 unspecified atom stereocenters. The predicted octanol–water partition coefficient (Wildman–Crippen LogP) is 6.30. The Morgan fingerprint density at radius 2 is 1.70 bits per heavy atom. The topological polar surface area (TPSA) is 78.5 Å². The van der Waals surface area contributed by atoms with E-state index in [9.17, 15) is 18.8 Å². The van der Waals surface area contributed by atoms with E-state index in [2.05, 4.69) is 31.4 Å². The molecule has 1 aliphatic heterocycles. The first-order valence-corrected chi connectivity index (χ1v) is 13.8. The maximum atomic E-state index is 14.9. The largest absolute Gasteiger partial charge is 0.352 e. The highest BCUT2D eigenvalue weighted by Crippen LogP contribution is 2.39. The van der Waals surface area contributed by atoms with Gasteiger partial charge in [0.1, 0.15) is 5.82 Å². The molecule has 3 aromatic rings. The molecule has 0 aliphatic carbocycles. The third-order valence-electron chi connectivity index (χ3n) is 7.52. The number of piperidine rings is 1. The number of carbonyl (C=O) groups excluding carboxylic acids is 3. The van der Waals surface area contributed by atoms with E-state index in [1.54, 1.807) is 24.0 Å². The molecule has 210 valence electrons. The van der Waals surface area contributed by atoms with E-state index in [4.69, 9.17) is 0 Å². The van der Waals surface area contributed by atoms with Gasteiger partial charge in [-0.25, -0.2) is 4.39 Å². The number of nitrogens with one attached hydrogen (secondary N) is 2. The second-order valence-corrected chi connectivity index (χ2v) is 11.6. The zero-order chi connectivity index (χ0) is 29.0. The van der Waals surface area contributed by atoms with Gasteiger partial charge in [-0.3, -0.25) is 14.4 Å². The molecule has 2 atom stereocenters. The molecule has 1 saturated heterocycles. The van der Waals surface area contributed by atoms with Gasteiger partial charge in [-0.15, -0.1) is 0 Å². The van der Waals surface area contributed by atoms with Gasteiger partial charge in [0.15, 0.2) is 0 Å². The van der Waals surface area contributed by atoms with Gasteiger partial charge in [0, 0.05) is 25.7 Å². The van der Waals surface area contributed by atoms with Crippen molar-refractivity contribution in [3.63, 3.8) is 0 Å². The summed E-state index contributed by atoms with van der Waals surface area (Å²) in [6.45, 7) is 10.3. The van der Waals surface area contributed by atoms with Crippen LogP contribution in [0.2, 0.25) is 0 Å². The smallest absolute Gasteiger partial charge is 0.257 e. The molecule has 0 saturated carbocycles. The van der Waals surface area contributed by atoms with Crippen molar-refractivity contribution < 1.29 is 18.8 Å². The van der Waals surface area contributed by atoms with Crippen LogP contribution in [0, 0.1) is 18.7 Å². The highest BCUT2D eigenvalue weighted by Gasteiger charge is 2.40. The van der Waals surface area contributed by atoms with Crippen molar-refractivity contribution in [3.05, 3.63) is 100 Å². The summed E-state index contributed by atoms with van der Waals surface area (Å²) in [6, 6.07) is 19.4. The first-order chi connectivity index (χ1) is 19.0. The van der Waals surface area contributed by atoms with Crippen molar-refractivity contribution in [2.45, 2.75) is 65.5 Å². The fourth-order valence-corrected chi connectivity index (χ4v) is 5.31. The molecule has 3 amide bonds. The summed E-state index contributed by atoms with van der Waals surface area (Å²) in [4.78, 5) is 40.7. The molecule has 7 heteroatoms. The Labute approximate surface area is 236 Å². The highest BCUT2D eigenvalue weighted by atomic mass is 19.1. The van der Waals surface area contributed by atoms with E-state index in [0.29, 0.717) is 37.2 Å². The summed E-state index contributed by atoms with van der Waals surface area (Å²) < 4.78 is 14.9. The van der Waals surface area contributed by atoms with Crippen LogP contribution in [0.3, 0.4) is 0 Å². The average Bonchev–Trinajstić information content (AvgIpc) is 2.91. The Kier molecular flexibility index (Phi) is 8.72. The third-order valence-corrected chi connectivity index (χ3v) is 7.52. The van der Waals surface area contributed by atoms with Crippen molar-refractivity contribution in [1.29, 1.82) is 0 Å². The summed E-state index contributed by atoms with van der Waals surface area (Å²) in [6.07, 6.45) is 1.21. The first-order valence-electron chi connectivity index (χ1n) is 13.8. The zero-order valence-electron chi connectivity index (χ0n) is 23.9. The minimum Gasteiger partial charge on any atom is -0.352 e. The van der Waals surface area contributed by atoms with Crippen molar-refractivity contribution in [1.82, 2.24) is 10.2 Å². The molecule has 0 radical (unpaired) electrons. The number of hydrogen-bond donors (Lipinski definition) is 2. The number of halogens is 1. The van der Waals surface area contributed by atoms with Crippen LogP contribution in [0.15, 0.2) is 66.7 Å². The molecule has 0 bridgehead atoms. The van der Waals surface area contributed by atoms with Gasteiger partial charge >= 0.3 is 0 Å². The van der Waals surface area contributed by atoms with E-state index in [-0.39, 0.29) is 22.8 Å². The molecule has 6 nitrogen and oxygen atoms in total. The van der Waals surface area contributed by atoms with Crippen LogP contribution in [0.1, 0.15) is 79.2 Å². The Morgan fingerprint density at radius 1 is 1.00 bits per heavy atom. The standard InChI is InChI=1S/C33H38FN3O3/c1-21-9-6-13-28(34)29(21)32(40)37-18-8-12-27(30(37)24-16-14-23(15-17-24)20-35-22(2)38)31(39)36-26-11-7-10-25(19-26)33(3,4)5/h6-7,9-11,13-17,19,27,30H,8,12,18,20H2,1-5H3,(H,35,38)(H,36,39)/t27?,30-/m0/s1. The molecule has 2 N–H and O–H groups in total. The SMILES string of the molecule is CC(=O)NCc1ccc([C@H]2C(C(=O)Nc3cccc(C(C)(C)C)c3)CCCN2C(=O)c2c(C)cccc2F)cc1. The number of aryl methyl sites for hydroxylation is 1. The van der Waals surface area contributed by atoms with Crippen molar-refractivity contribution in [3.8, 4) is 0 Å². The lowest BCUT2D eigenvalue weighted by Gasteiger charge is -2.41. The lowest BCUT2D eigenvalue weighted by atomic mass is 9.82. The van der Waals surface area contributed by atoms with Gasteiger partial charge in [-0.05, 0) is 65.6 Å². The normalized spacial score (nSPS) is 17.3. The van der Waals surface area contributed by atoms with Crippen LogP contribution >= 0.6 is 0 Å². The minimum atomic E-state index is -0.583. The van der Waals surface area contributed by atoms with Crippen LogP contribution < -0.4 is 10.6 Å². The number of hydrogen-bond acceptors (Lipinski definition) is 3. The predicted molar refractivity (Wildman–Crippen MR) is 155 cm³/mol. The second-order valence-electron chi connectivity index (χ2n) is 11.6. The number of nitrogens with zero attached hydrogens (tertiary/aromatic N) is 1. The number of likely N-dealkylation sites (tertiary alicyclic amines) is 1. The summed E-state index contributed by atoms with van der Waals surface area (Å²) >= 11 is 0. The Hall–Kier alpha value is -4.00. The number of anilines is 1. The van der Waals surface area contributed by atoms with Crippen molar-refractivity contribution in [2.75, 3.05) is 11.9 Å². The molecule has 1 heterocycles. The Morgan fingerprint density at radius 3 is 2.35 bits per heavy atom. The van der Waals surface area contributed by atoms with Crippen LogP contribution in [-0.4, -0.2) is 29.2 Å². The maximum Gasteiger partial charge on any atom is 0.257 e. The van der Waals surface area contributed by atoms with E-state index < -0.39 is 23.7 Å². The van der Waals surface area contributed by atoms with E-state index in [0.717, 1.165) is 16.7 Å². The van der Waals surface area contributed by atoms with Crippen molar-refractivity contribution >= 4 is 23.4 Å². The number of benzene rings is 3. The average molecular weight is 544 g/mol. The highest BCUT2D eigenvalue weighted by molar-refractivity contribution is 5.98. The van der Waals surface area contributed by atoms with Crippen LogP contribution in [0.25, 0.3) is 0 Å². The molecule has 0 spiro atoms. The fraction of sp³-hybridized carbons (Fsp3) is 0.364. The van der Waals surface area contributed by atoms with E-state index in [1.165, 1.54) is 13.0 Å². The molecule has 3 aromatic carbocycles. The van der Waals surface area contributed by atoms with Crippen molar-refractivity contribution in [2.24, 2.45) is 5.92 Å². The number of rotatable bonds is 6. The number of carbonyl (C=O) groups is 3. The molecular formula is C33H38FN3O3. The van der Waals surface area contributed by atoms with Crippen LogP contribution in [0.5, 0.6) is 0 Å². The molecule has 1 aliphatic rings. The Balaban J connectivity index is 1.70. The molecule has 0 aromatic heterocycles. The second kappa shape index (κ2) is 12.0. The van der Waals surface area contributed by atoms with Gasteiger partial charge in [-0.1, -0.05) is 69.3 Å². The third kappa shape index (κ3) is 6.58. The van der Waals surface area contributed by atoms with Gasteiger partial charge in [0.2, 0.25) is 11.8 Å². The Bertz CT molecular complexity index is 1370. The van der Waals surface area contributed by atoms with E-state index >= 15 is 0 Å². The van der Waals surface area contributed by atoms with Crippen LogP contribution in [0.4, 0.5) is 10.1 Å². The lowest BCUT2D eigenvalue weighted by Crippen LogP contribution is -2.46. The molecule has 40 heavy (non-hydrogen) atoms. The summed E-state index contributed by atoms with van der Waals surface area (Å²) in [5.74, 6) is -1.83. The van der Waals surface area contributed by atoms with Gasteiger partial charge in [0.25, 0.3) is 5.91 Å². The fourth-order valence-electron chi connectivity index (χ4n) is 5.31. The van der Waals surface area contributed by atoms with Gasteiger partial charge in [-0.2, -0.15) is 0 Å². The van der Waals surface area contributed by atoms with E-state index in [1.807, 2.05) is 48.5 Å². The summed E-state index contributed by atoms with van der Waals surface area (Å²) in [5.41, 5.74) is 4.01. The van der Waals surface area contributed by atoms with Crippen LogP contribution in [-0.2, 0) is 21.5 Å². The zero-order valence-corrected chi connectivity index (χ0v) is 23.9.